The summed E-state index contributed by atoms with van der Waals surface area (Å²) in [6.07, 6.45) is 6.99. The van der Waals surface area contributed by atoms with E-state index in [0.29, 0.717) is 57.9 Å². The second-order valence-corrected chi connectivity index (χ2v) is 24.4. The normalized spacial score (nSPS) is 47.8. The Morgan fingerprint density at radius 3 is 2.36 bits per heavy atom. The lowest BCUT2D eigenvalue weighted by atomic mass is 9.30. The van der Waals surface area contributed by atoms with E-state index in [4.69, 9.17) is 15.2 Å². The smallest absolute Gasteiger partial charge is 0.310 e. The molecule has 0 bridgehead atoms. The van der Waals surface area contributed by atoms with Gasteiger partial charge in [0.25, 0.3) is 0 Å². The number of aromatic nitrogens is 2. The Hall–Kier alpha value is -2.51. The number of nitrogens with zero attached hydrogens (tertiary/aromatic N) is 1. The van der Waals surface area contributed by atoms with Gasteiger partial charge in [0.05, 0.1) is 49.7 Å². The topological polar surface area (TPSA) is 281 Å². The molecule has 21 atom stereocenters. The highest BCUT2D eigenvalue weighted by atomic mass is 16.7. The number of carboxylic acids is 1. The Morgan fingerprint density at radius 1 is 0.971 bits per heavy atom. The number of carbonyl (C=O) groups excluding carboxylic acids is 1. The first-order chi connectivity index (χ1) is 32.7. The van der Waals surface area contributed by atoms with Crippen molar-refractivity contribution in [1.29, 1.82) is 0 Å². The number of amides is 1. The molecule has 0 aromatic carbocycles. The zero-order chi connectivity index (χ0) is 50.1. The summed E-state index contributed by atoms with van der Waals surface area (Å²) in [5.74, 6) is -3.83. The number of hydrogen-bond donors (Lipinski definition) is 11. The van der Waals surface area contributed by atoms with Crippen molar-refractivity contribution in [3.8, 4) is 0 Å². The molecule has 5 aliphatic carbocycles. The highest BCUT2D eigenvalue weighted by Gasteiger charge is 2.75. The molecule has 8 rings (SSSR count). The number of carboxylic acid groups (broad SMARTS) is 1. The van der Waals surface area contributed by atoms with Crippen molar-refractivity contribution in [2.75, 3.05) is 33.0 Å². The first-order valence-corrected chi connectivity index (χ1v) is 26.5. The van der Waals surface area contributed by atoms with Crippen molar-refractivity contribution in [2.45, 2.75) is 180 Å². The Labute approximate surface area is 408 Å². The standard InChI is InChI=1S/C53H86N4O12/c1-7-8-9-11-29-21-53(47(66)67)18-17-48(2,26-59)22-35(53)33-13-14-39-50(4,52(29,33)6)16-15-38-49(3,27-60)44(69-46-43(64)42(63)37(61)25-68-46)41(62)34(51(38,39)5)20-31-32(24-58)45(65)57-40(31)30(12-10-19-54)36-23-55-28-56-36/h13,23,28-32,34-35,37-44,46,58-64H,7-12,14-22,24-27,54H2,1-6H3,(H,55,56)(H,57,65)(H,66,67)/t29-,30-,31-,32+,34+,35+,37-,38-,39+,40+,41-,42+,43-,44-,46+,48+,49+,50-,51+,52-,53+/m1/s1. The van der Waals surface area contributed by atoms with Crippen LogP contribution >= 0.6 is 0 Å². The Bertz CT molecular complexity index is 2010. The third kappa shape index (κ3) is 8.19. The lowest BCUT2D eigenvalue weighted by Gasteiger charge is -2.74. The highest BCUT2D eigenvalue weighted by molar-refractivity contribution is 5.82. The molecule has 2 saturated heterocycles. The van der Waals surface area contributed by atoms with E-state index >= 15 is 0 Å². The maximum absolute atomic E-state index is 14.1. The van der Waals surface area contributed by atoms with E-state index in [-0.39, 0.29) is 61.7 Å². The van der Waals surface area contributed by atoms with E-state index in [1.165, 1.54) is 5.57 Å². The molecule has 7 aliphatic rings. The van der Waals surface area contributed by atoms with Gasteiger partial charge < -0.3 is 66.4 Å². The number of hydrogen-bond acceptors (Lipinski definition) is 13. The zero-order valence-electron chi connectivity index (χ0n) is 42.1. The van der Waals surface area contributed by atoms with Gasteiger partial charge in [0.1, 0.15) is 18.3 Å². The summed E-state index contributed by atoms with van der Waals surface area (Å²) < 4.78 is 12.5. The SMILES string of the molecule is CCCCC[C@@H]1C[C@@]2(C(=O)O)CC[C@](C)(CO)C[C@H]2C2=CC[C@@H]3[C@]4(C)[C@H](CC[C@@]3(C)[C@@]21C)[C@](C)(CO)[C@H](O[C@@H]1OC[C@@H](O)[C@H](O)[C@H]1O)[C@H](O)[C@@H]4C[C@H]1[C@H]([C@H](CCCN)c2cnc[nH]2)NC(=O)[C@H]1CO. The van der Waals surface area contributed by atoms with Gasteiger partial charge in [-0.25, -0.2) is 4.98 Å². The number of allylic oxidation sites excluding steroid dienone is 2. The van der Waals surface area contributed by atoms with Crippen LogP contribution in [0.3, 0.4) is 0 Å². The molecule has 69 heavy (non-hydrogen) atoms. The molecule has 2 aliphatic heterocycles. The number of nitrogens with two attached hydrogens (primary N) is 1. The van der Waals surface area contributed by atoms with E-state index in [2.05, 4.69) is 56.0 Å². The van der Waals surface area contributed by atoms with Crippen LogP contribution in [0.15, 0.2) is 24.2 Å². The molecule has 3 heterocycles. The zero-order valence-corrected chi connectivity index (χ0v) is 42.1. The van der Waals surface area contributed by atoms with Crippen LogP contribution < -0.4 is 11.1 Å². The lowest BCUT2D eigenvalue weighted by molar-refractivity contribution is -0.341. The summed E-state index contributed by atoms with van der Waals surface area (Å²) in [5, 5.41) is 94.3. The van der Waals surface area contributed by atoms with Gasteiger partial charge in [-0.15, -0.1) is 0 Å². The van der Waals surface area contributed by atoms with Crippen molar-refractivity contribution in [3.05, 3.63) is 29.9 Å². The molecule has 4 saturated carbocycles. The Morgan fingerprint density at radius 2 is 1.72 bits per heavy atom. The van der Waals surface area contributed by atoms with Crippen molar-refractivity contribution < 1.29 is 59.9 Å². The van der Waals surface area contributed by atoms with E-state index in [9.17, 15) is 50.4 Å². The summed E-state index contributed by atoms with van der Waals surface area (Å²) in [4.78, 5) is 35.6. The van der Waals surface area contributed by atoms with E-state index in [1.807, 2.05) is 6.92 Å². The molecule has 6 fully saturated rings. The average molecular weight is 971 g/mol. The number of aliphatic carboxylic acids is 1. The number of carbonyl (C=O) groups is 2. The maximum atomic E-state index is 14.1. The fourth-order valence-electron chi connectivity index (χ4n) is 17.3. The Kier molecular flexibility index (Phi) is 15.1. The molecular weight excluding hydrogens is 885 g/mol. The Balaban J connectivity index is 1.30. The number of aliphatic hydroxyl groups excluding tert-OH is 7. The van der Waals surface area contributed by atoms with Crippen LogP contribution in [0.5, 0.6) is 0 Å². The number of aromatic amines is 1. The predicted octanol–water partition coefficient (Wildman–Crippen LogP) is 4.00. The first-order valence-electron chi connectivity index (χ1n) is 26.5. The largest absolute Gasteiger partial charge is 0.481 e. The number of ether oxygens (including phenoxy) is 2. The number of imidazole rings is 1. The third-order valence-corrected chi connectivity index (χ3v) is 21.3. The van der Waals surface area contributed by atoms with Gasteiger partial charge in [-0.1, -0.05) is 72.5 Å². The molecule has 0 spiro atoms. The minimum absolute atomic E-state index is 0.0183. The van der Waals surface area contributed by atoms with Crippen molar-refractivity contribution in [2.24, 2.45) is 79.6 Å². The third-order valence-electron chi connectivity index (χ3n) is 21.3. The van der Waals surface area contributed by atoms with Gasteiger partial charge in [-0.05, 0) is 134 Å². The van der Waals surface area contributed by atoms with Crippen LogP contribution in [0.4, 0.5) is 0 Å². The fourth-order valence-corrected chi connectivity index (χ4v) is 17.3. The van der Waals surface area contributed by atoms with Gasteiger partial charge in [-0.2, -0.15) is 0 Å². The second-order valence-electron chi connectivity index (χ2n) is 24.4. The number of unbranched alkanes of at least 4 members (excludes halogenated alkanes) is 2. The average Bonchev–Trinajstić information content (AvgIpc) is 3.97. The first kappa shape index (κ1) is 52.8. The number of aliphatic hydroxyl groups is 7. The summed E-state index contributed by atoms with van der Waals surface area (Å²) in [5.41, 5.74) is 3.93. The van der Waals surface area contributed by atoms with Gasteiger partial charge in [-0.3, -0.25) is 9.59 Å². The van der Waals surface area contributed by atoms with Gasteiger partial charge in [0.15, 0.2) is 6.29 Å². The number of H-pyrrole nitrogens is 1. The van der Waals surface area contributed by atoms with Crippen LogP contribution in [0.25, 0.3) is 0 Å². The molecule has 0 radical (unpaired) electrons. The van der Waals surface area contributed by atoms with Crippen LogP contribution in [0.2, 0.25) is 0 Å². The summed E-state index contributed by atoms with van der Waals surface area (Å²) in [7, 11) is 0. The molecule has 1 amide bonds. The quantitative estimate of drug-likeness (QED) is 0.0599. The van der Waals surface area contributed by atoms with E-state index in [1.54, 1.807) is 12.5 Å². The summed E-state index contributed by atoms with van der Waals surface area (Å²) in [6, 6.07) is -0.468. The fraction of sp³-hybridized carbons (Fsp3) is 0.868. The molecule has 16 nitrogen and oxygen atoms in total. The molecule has 390 valence electrons. The van der Waals surface area contributed by atoms with Crippen LogP contribution in [-0.4, -0.2) is 139 Å². The minimum Gasteiger partial charge on any atom is -0.481 e. The molecule has 0 unspecified atom stereocenters. The highest BCUT2D eigenvalue weighted by Crippen LogP contribution is 2.78. The summed E-state index contributed by atoms with van der Waals surface area (Å²) >= 11 is 0. The van der Waals surface area contributed by atoms with Crippen molar-refractivity contribution >= 4 is 11.9 Å². The predicted molar refractivity (Wildman–Crippen MR) is 256 cm³/mol. The molecule has 1 aromatic rings. The molecule has 16 heteroatoms. The number of rotatable bonds is 17. The van der Waals surface area contributed by atoms with Crippen molar-refractivity contribution in [1.82, 2.24) is 15.3 Å². The maximum Gasteiger partial charge on any atom is 0.310 e. The van der Waals surface area contributed by atoms with Gasteiger partial charge in [0, 0.05) is 35.9 Å². The lowest BCUT2D eigenvalue weighted by Crippen LogP contribution is -2.73. The monoisotopic (exact) mass is 971 g/mol. The van der Waals surface area contributed by atoms with E-state index < -0.39 is 106 Å². The molecular formula is C53H86N4O12. The number of nitrogens with one attached hydrogen (secondary N) is 2. The van der Waals surface area contributed by atoms with Crippen molar-refractivity contribution in [3.63, 3.8) is 0 Å². The van der Waals surface area contributed by atoms with Crippen LogP contribution in [0, 0.1) is 73.9 Å². The second kappa shape index (κ2) is 19.7. The van der Waals surface area contributed by atoms with E-state index in [0.717, 1.165) is 37.8 Å². The molecule has 12 N–H and O–H groups in total. The van der Waals surface area contributed by atoms with Crippen LogP contribution in [0.1, 0.15) is 143 Å². The minimum atomic E-state index is -1.65. The van der Waals surface area contributed by atoms with Crippen LogP contribution in [-0.2, 0) is 19.1 Å². The van der Waals surface area contributed by atoms with Gasteiger partial charge >= 0.3 is 5.97 Å². The molecule has 1 aromatic heterocycles. The summed E-state index contributed by atoms with van der Waals surface area (Å²) in [6.45, 7) is 12.6. The van der Waals surface area contributed by atoms with Gasteiger partial charge in [0.2, 0.25) is 5.91 Å². The number of fused-ring (bicyclic) bond motifs is 7.